The maximum Gasteiger partial charge on any atom is 0.231 e. The Kier molecular flexibility index (Phi) is 4.34. The van der Waals surface area contributed by atoms with Gasteiger partial charge in [0.1, 0.15) is 0 Å². The first kappa shape index (κ1) is 14.5. The molecular formula is C14H20N2O4. The van der Waals surface area contributed by atoms with Gasteiger partial charge in [0.05, 0.1) is 13.0 Å². The zero-order valence-corrected chi connectivity index (χ0v) is 12.0. The van der Waals surface area contributed by atoms with Crippen LogP contribution in [0, 0.1) is 5.92 Å². The van der Waals surface area contributed by atoms with Crippen LogP contribution in [-0.4, -0.2) is 45.3 Å². The van der Waals surface area contributed by atoms with Crippen LogP contribution in [0.2, 0.25) is 0 Å². The number of benzene rings is 1. The van der Waals surface area contributed by atoms with Gasteiger partial charge in [-0.15, -0.1) is 0 Å². The zero-order chi connectivity index (χ0) is 14.7. The van der Waals surface area contributed by atoms with Crippen molar-refractivity contribution in [2.45, 2.75) is 6.42 Å². The fourth-order valence-electron chi connectivity index (χ4n) is 2.22. The summed E-state index contributed by atoms with van der Waals surface area (Å²) >= 11 is 0. The van der Waals surface area contributed by atoms with Gasteiger partial charge in [0, 0.05) is 20.6 Å². The van der Waals surface area contributed by atoms with E-state index < -0.39 is 0 Å². The van der Waals surface area contributed by atoms with E-state index in [2.05, 4.69) is 0 Å². The molecule has 0 aliphatic carbocycles. The summed E-state index contributed by atoms with van der Waals surface area (Å²) in [6.45, 7) is 0.486. The lowest BCUT2D eigenvalue weighted by Gasteiger charge is -2.19. The van der Waals surface area contributed by atoms with E-state index in [0.717, 1.165) is 5.56 Å². The van der Waals surface area contributed by atoms with Crippen LogP contribution in [0.15, 0.2) is 12.1 Å². The highest BCUT2D eigenvalue weighted by Gasteiger charge is 2.23. The Morgan fingerprint density at radius 3 is 2.80 bits per heavy atom. The number of nitrogens with two attached hydrogens (primary N) is 1. The molecule has 0 radical (unpaired) electrons. The average molecular weight is 280 g/mol. The molecule has 110 valence electrons. The van der Waals surface area contributed by atoms with Crippen molar-refractivity contribution < 1.29 is 19.0 Å². The first-order valence-electron chi connectivity index (χ1n) is 6.44. The molecule has 6 heteroatoms. The molecule has 1 aromatic rings. The molecule has 1 aliphatic rings. The maximum absolute atomic E-state index is 12.0. The number of methoxy groups -OCH3 is 1. The Hall–Kier alpha value is -1.95. The number of nitrogens with zero attached hydrogens (tertiary/aromatic N) is 1. The average Bonchev–Trinajstić information content (AvgIpc) is 2.91. The summed E-state index contributed by atoms with van der Waals surface area (Å²) in [5, 5.41) is 0. The summed E-state index contributed by atoms with van der Waals surface area (Å²) in [5.74, 6) is 1.63. The quantitative estimate of drug-likeness (QED) is 0.856. The van der Waals surface area contributed by atoms with E-state index in [4.69, 9.17) is 19.9 Å². The van der Waals surface area contributed by atoms with Gasteiger partial charge < -0.3 is 24.8 Å². The van der Waals surface area contributed by atoms with E-state index >= 15 is 0 Å². The predicted molar refractivity (Wildman–Crippen MR) is 74.1 cm³/mol. The van der Waals surface area contributed by atoms with Crippen molar-refractivity contribution in [2.24, 2.45) is 11.7 Å². The number of ether oxygens (including phenoxy) is 3. The molecule has 1 aliphatic heterocycles. The molecule has 0 aromatic heterocycles. The van der Waals surface area contributed by atoms with Crippen LogP contribution in [0.5, 0.6) is 17.2 Å². The maximum atomic E-state index is 12.0. The monoisotopic (exact) mass is 280 g/mol. The number of amides is 1. The van der Waals surface area contributed by atoms with E-state index in [9.17, 15) is 4.79 Å². The standard InChI is InChI=1S/C14H20N2O4/c1-16(2)14(17)10(7-15)4-9-5-11(18-3)13-12(6-9)19-8-20-13/h5-6,10H,4,7-8,15H2,1-3H3. The second-order valence-electron chi connectivity index (χ2n) is 4.90. The van der Waals surface area contributed by atoms with Crippen LogP contribution in [0.3, 0.4) is 0 Å². The van der Waals surface area contributed by atoms with Gasteiger partial charge in [-0.05, 0) is 24.1 Å². The molecule has 1 heterocycles. The Balaban J connectivity index is 2.23. The number of carbonyl (C=O) groups is 1. The largest absolute Gasteiger partial charge is 0.493 e. The normalized spacial score (nSPS) is 14.0. The van der Waals surface area contributed by atoms with Gasteiger partial charge in [-0.3, -0.25) is 4.79 Å². The lowest BCUT2D eigenvalue weighted by Crippen LogP contribution is -2.35. The summed E-state index contributed by atoms with van der Waals surface area (Å²) in [6, 6.07) is 3.73. The van der Waals surface area contributed by atoms with E-state index in [1.54, 1.807) is 26.1 Å². The Labute approximate surface area is 118 Å². The molecule has 1 unspecified atom stereocenters. The van der Waals surface area contributed by atoms with E-state index in [1.807, 2.05) is 12.1 Å². The third-order valence-electron chi connectivity index (χ3n) is 3.27. The van der Waals surface area contributed by atoms with Crippen molar-refractivity contribution in [1.82, 2.24) is 4.90 Å². The molecule has 0 fully saturated rings. The predicted octanol–water partition coefficient (Wildman–Crippen LogP) is 0.629. The van der Waals surface area contributed by atoms with Crippen molar-refractivity contribution in [2.75, 3.05) is 34.5 Å². The molecular weight excluding hydrogens is 260 g/mol. The van der Waals surface area contributed by atoms with Crippen molar-refractivity contribution in [3.63, 3.8) is 0 Å². The molecule has 1 amide bonds. The highest BCUT2D eigenvalue weighted by atomic mass is 16.7. The summed E-state index contributed by atoms with van der Waals surface area (Å²) in [5.41, 5.74) is 6.65. The summed E-state index contributed by atoms with van der Waals surface area (Å²) in [4.78, 5) is 13.6. The smallest absolute Gasteiger partial charge is 0.231 e. The Morgan fingerprint density at radius 1 is 1.45 bits per heavy atom. The van der Waals surface area contributed by atoms with Gasteiger partial charge in [-0.2, -0.15) is 0 Å². The molecule has 0 saturated heterocycles. The topological polar surface area (TPSA) is 74.0 Å². The number of carbonyl (C=O) groups excluding carboxylic acids is 1. The minimum absolute atomic E-state index is 0.0177. The van der Waals surface area contributed by atoms with Crippen molar-refractivity contribution in [3.8, 4) is 17.2 Å². The van der Waals surface area contributed by atoms with Gasteiger partial charge >= 0.3 is 0 Å². The van der Waals surface area contributed by atoms with Crippen LogP contribution in [0.1, 0.15) is 5.56 Å². The minimum atomic E-state index is -0.255. The molecule has 1 atom stereocenters. The first-order valence-corrected chi connectivity index (χ1v) is 6.44. The summed E-state index contributed by atoms with van der Waals surface area (Å²) in [7, 11) is 5.03. The van der Waals surface area contributed by atoms with E-state index in [1.165, 1.54) is 0 Å². The van der Waals surface area contributed by atoms with Crippen molar-refractivity contribution >= 4 is 5.91 Å². The van der Waals surface area contributed by atoms with Crippen LogP contribution < -0.4 is 19.9 Å². The molecule has 20 heavy (non-hydrogen) atoms. The number of rotatable bonds is 5. The minimum Gasteiger partial charge on any atom is -0.493 e. The fourth-order valence-corrected chi connectivity index (χ4v) is 2.22. The third kappa shape index (κ3) is 2.80. The van der Waals surface area contributed by atoms with Crippen LogP contribution in [0.4, 0.5) is 0 Å². The molecule has 0 spiro atoms. The molecule has 6 nitrogen and oxygen atoms in total. The van der Waals surface area contributed by atoms with Gasteiger partial charge in [-0.25, -0.2) is 0 Å². The van der Waals surface area contributed by atoms with Gasteiger partial charge in [-0.1, -0.05) is 0 Å². The lowest BCUT2D eigenvalue weighted by molar-refractivity contribution is -0.132. The lowest BCUT2D eigenvalue weighted by atomic mass is 9.97. The molecule has 2 N–H and O–H groups in total. The SMILES string of the molecule is COc1cc(CC(CN)C(=O)N(C)C)cc2c1OCO2. The molecule has 0 bridgehead atoms. The summed E-state index contributed by atoms with van der Waals surface area (Å²) < 4.78 is 16.0. The Morgan fingerprint density at radius 2 is 2.20 bits per heavy atom. The highest BCUT2D eigenvalue weighted by Crippen LogP contribution is 2.42. The number of hydrogen-bond acceptors (Lipinski definition) is 5. The van der Waals surface area contributed by atoms with Gasteiger partial charge in [0.2, 0.25) is 18.4 Å². The molecule has 2 rings (SSSR count). The van der Waals surface area contributed by atoms with Gasteiger partial charge in [0.25, 0.3) is 0 Å². The van der Waals surface area contributed by atoms with Crippen molar-refractivity contribution in [1.29, 1.82) is 0 Å². The van der Waals surface area contributed by atoms with Crippen LogP contribution in [0.25, 0.3) is 0 Å². The first-order chi connectivity index (χ1) is 9.56. The third-order valence-corrected chi connectivity index (χ3v) is 3.27. The molecule has 1 aromatic carbocycles. The van der Waals surface area contributed by atoms with Crippen LogP contribution in [-0.2, 0) is 11.2 Å². The fraction of sp³-hybridized carbons (Fsp3) is 0.500. The second kappa shape index (κ2) is 6.00. The summed E-state index contributed by atoms with van der Waals surface area (Å²) in [6.07, 6.45) is 0.542. The van der Waals surface area contributed by atoms with E-state index in [0.29, 0.717) is 30.2 Å². The zero-order valence-electron chi connectivity index (χ0n) is 12.0. The van der Waals surface area contributed by atoms with Crippen molar-refractivity contribution in [3.05, 3.63) is 17.7 Å². The second-order valence-corrected chi connectivity index (χ2v) is 4.90. The highest BCUT2D eigenvalue weighted by molar-refractivity contribution is 5.79. The Bertz CT molecular complexity index is 502. The number of hydrogen-bond donors (Lipinski definition) is 1. The van der Waals surface area contributed by atoms with Gasteiger partial charge in [0.15, 0.2) is 11.5 Å². The molecule has 0 saturated carbocycles. The van der Waals surface area contributed by atoms with Crippen LogP contribution >= 0.6 is 0 Å². The number of fused-ring (bicyclic) bond motifs is 1. The van der Waals surface area contributed by atoms with E-state index in [-0.39, 0.29) is 18.6 Å².